The van der Waals surface area contributed by atoms with Gasteiger partial charge in [0.05, 0.1) is 55.4 Å². The molecule has 43 heavy (non-hydrogen) atoms. The molecule has 0 spiro atoms. The first-order valence-corrected chi connectivity index (χ1v) is 14.8. The minimum atomic E-state index is -1.04. The average Bonchev–Trinajstić information content (AvgIpc) is 3.60. The molecule has 1 amide bonds. The van der Waals surface area contributed by atoms with Crippen LogP contribution >= 0.6 is 22.7 Å². The number of aromatic nitrogens is 1. The maximum Gasteiger partial charge on any atom is 0.305 e. The Bertz CT molecular complexity index is 1660. The molecule has 4 aromatic rings. The van der Waals surface area contributed by atoms with E-state index in [-0.39, 0.29) is 42.5 Å². The summed E-state index contributed by atoms with van der Waals surface area (Å²) in [5, 5.41) is 18.7. The molecule has 0 saturated heterocycles. The molecular formula is C29H30N2O10S2. The highest BCUT2D eigenvalue weighted by Gasteiger charge is 2.19. The molecule has 4 rings (SSSR count). The minimum Gasteiger partial charge on any atom is -0.493 e. The minimum absolute atomic E-state index is 0.112. The predicted molar refractivity (Wildman–Crippen MR) is 161 cm³/mol. The number of ether oxygens (including phenoxy) is 4. The number of thiophene rings is 1. The van der Waals surface area contributed by atoms with E-state index in [2.05, 4.69) is 4.98 Å². The largest absolute Gasteiger partial charge is 0.493 e. The Hall–Kier alpha value is -4.43. The number of rotatable bonds is 16. The number of nitrogens with zero attached hydrogens (tertiary/aromatic N) is 2. The first kappa shape index (κ1) is 31.5. The van der Waals surface area contributed by atoms with Crippen molar-refractivity contribution in [2.75, 3.05) is 41.0 Å². The molecule has 12 nitrogen and oxygen atoms in total. The Balaban J connectivity index is 1.37. The van der Waals surface area contributed by atoms with Gasteiger partial charge < -0.3 is 34.1 Å². The van der Waals surface area contributed by atoms with Gasteiger partial charge in [-0.25, -0.2) is 4.98 Å². The summed E-state index contributed by atoms with van der Waals surface area (Å²) < 4.78 is 24.4. The van der Waals surface area contributed by atoms with Gasteiger partial charge in [0.25, 0.3) is 5.91 Å². The number of carbonyl (C=O) groups excluding carboxylic acids is 2. The molecule has 0 saturated carbocycles. The molecule has 0 unspecified atom stereocenters. The molecule has 2 aromatic heterocycles. The van der Waals surface area contributed by atoms with Crippen molar-refractivity contribution in [3.05, 3.63) is 40.2 Å². The summed E-state index contributed by atoms with van der Waals surface area (Å²) in [6.45, 7) is 0.709. The summed E-state index contributed by atoms with van der Waals surface area (Å²) in [4.78, 5) is 52.9. The van der Waals surface area contributed by atoms with Crippen LogP contribution in [-0.2, 0) is 9.59 Å². The van der Waals surface area contributed by atoms with Crippen LogP contribution in [0.2, 0.25) is 0 Å². The van der Waals surface area contributed by atoms with Crippen molar-refractivity contribution >= 4 is 66.6 Å². The molecule has 0 bridgehead atoms. The fraction of sp³-hybridized carbons (Fsp3) is 0.345. The smallest absolute Gasteiger partial charge is 0.305 e. The lowest BCUT2D eigenvalue weighted by Gasteiger charge is -2.14. The zero-order valence-electron chi connectivity index (χ0n) is 23.7. The maximum atomic E-state index is 12.7. The molecule has 0 aliphatic rings. The zero-order chi connectivity index (χ0) is 31.1. The molecule has 2 aromatic carbocycles. The van der Waals surface area contributed by atoms with E-state index in [0.717, 1.165) is 14.8 Å². The lowest BCUT2D eigenvalue weighted by Crippen LogP contribution is -2.28. The number of carbonyl (C=O) groups is 4. The third-order valence-corrected chi connectivity index (χ3v) is 8.45. The van der Waals surface area contributed by atoms with E-state index < -0.39 is 11.9 Å². The van der Waals surface area contributed by atoms with E-state index in [1.807, 2.05) is 0 Å². The number of benzene rings is 2. The molecule has 2 heterocycles. The lowest BCUT2D eigenvalue weighted by atomic mass is 10.2. The van der Waals surface area contributed by atoms with Crippen molar-refractivity contribution in [1.29, 1.82) is 0 Å². The molecule has 2 N–H and O–H groups in total. The number of fused-ring (bicyclic) bond motifs is 2. The molecule has 14 heteroatoms. The monoisotopic (exact) mass is 630 g/mol. The summed E-state index contributed by atoms with van der Waals surface area (Å²) in [7, 11) is 4.61. The molecule has 0 aliphatic heterocycles. The second-order valence-electron chi connectivity index (χ2n) is 9.38. The Morgan fingerprint density at radius 1 is 0.791 bits per heavy atom. The van der Waals surface area contributed by atoms with Gasteiger partial charge in [-0.3, -0.25) is 19.2 Å². The van der Waals surface area contributed by atoms with Gasteiger partial charge in [-0.05, 0) is 17.5 Å². The SMILES string of the molecule is COc1cc2sc(C(=O)N(C)CCC(=O)O)cc2cc1OCCCOc1cc2nc(C(=O)CCC(=O)O)sc2cc1OC. The fourth-order valence-corrected chi connectivity index (χ4v) is 6.07. The summed E-state index contributed by atoms with van der Waals surface area (Å²) in [6, 6.07) is 8.77. The van der Waals surface area contributed by atoms with Gasteiger partial charge in [-0.1, -0.05) is 0 Å². The molecule has 0 atom stereocenters. The Labute approximate surface area is 254 Å². The topological polar surface area (TPSA) is 162 Å². The van der Waals surface area contributed by atoms with E-state index in [1.54, 1.807) is 37.4 Å². The highest BCUT2D eigenvalue weighted by Crippen LogP contribution is 2.38. The molecule has 0 fully saturated rings. The van der Waals surface area contributed by atoms with Gasteiger partial charge in [0.15, 0.2) is 33.8 Å². The number of methoxy groups -OCH3 is 2. The van der Waals surface area contributed by atoms with E-state index >= 15 is 0 Å². The quantitative estimate of drug-likeness (QED) is 0.127. The average molecular weight is 631 g/mol. The van der Waals surface area contributed by atoms with Gasteiger partial charge in [-0.15, -0.1) is 22.7 Å². The number of carboxylic acids is 2. The highest BCUT2D eigenvalue weighted by molar-refractivity contribution is 7.21. The molecule has 0 aliphatic carbocycles. The molecule has 0 radical (unpaired) electrons. The first-order chi connectivity index (χ1) is 20.6. The number of hydrogen-bond donors (Lipinski definition) is 2. The third-order valence-electron chi connectivity index (χ3n) is 6.30. The van der Waals surface area contributed by atoms with E-state index in [4.69, 9.17) is 29.2 Å². The van der Waals surface area contributed by atoms with Crippen LogP contribution in [0.1, 0.15) is 45.2 Å². The number of Topliss-reactive ketones (excluding diaryl/α,β-unsaturated/α-hetero) is 1. The van der Waals surface area contributed by atoms with Crippen molar-refractivity contribution in [2.24, 2.45) is 0 Å². The molecular weight excluding hydrogens is 600 g/mol. The van der Waals surface area contributed by atoms with Crippen molar-refractivity contribution in [2.45, 2.75) is 25.7 Å². The fourth-order valence-electron chi connectivity index (χ4n) is 4.06. The molecule has 228 valence electrons. The second kappa shape index (κ2) is 14.2. The standard InChI is InChI=1S/C29H30N2O10S2/c1-31(8-7-27(35)36)29(37)25-12-16-11-21(19(38-2)14-23(16)42-25)40-9-4-10-41-22-13-17-24(15-20(22)39-3)43-28(30-17)18(32)5-6-26(33)34/h11-15H,4-10H2,1-3H3,(H,33,34)(H,35,36). The van der Waals surface area contributed by atoms with Crippen LogP contribution in [0.25, 0.3) is 20.3 Å². The van der Waals surface area contributed by atoms with Crippen LogP contribution in [0.15, 0.2) is 30.3 Å². The van der Waals surface area contributed by atoms with Gasteiger partial charge in [0.2, 0.25) is 0 Å². The number of carboxylic acid groups (broad SMARTS) is 2. The third kappa shape index (κ3) is 7.90. The maximum absolute atomic E-state index is 12.7. The van der Waals surface area contributed by atoms with Gasteiger partial charge in [-0.2, -0.15) is 0 Å². The predicted octanol–water partition coefficient (Wildman–Crippen LogP) is 4.97. The van der Waals surface area contributed by atoms with Gasteiger partial charge in [0, 0.05) is 49.3 Å². The van der Waals surface area contributed by atoms with Crippen LogP contribution in [0.3, 0.4) is 0 Å². The van der Waals surface area contributed by atoms with Crippen LogP contribution in [0.4, 0.5) is 0 Å². The van der Waals surface area contributed by atoms with Crippen molar-refractivity contribution in [1.82, 2.24) is 9.88 Å². The number of ketones is 1. The van der Waals surface area contributed by atoms with E-state index in [9.17, 15) is 19.2 Å². The van der Waals surface area contributed by atoms with Crippen LogP contribution in [-0.4, -0.2) is 84.8 Å². The summed E-state index contributed by atoms with van der Waals surface area (Å²) in [6.07, 6.45) is 0.00810. The van der Waals surface area contributed by atoms with Gasteiger partial charge >= 0.3 is 11.9 Å². The van der Waals surface area contributed by atoms with Crippen molar-refractivity contribution < 1.29 is 48.3 Å². The lowest BCUT2D eigenvalue weighted by molar-refractivity contribution is -0.138. The zero-order valence-corrected chi connectivity index (χ0v) is 25.3. The van der Waals surface area contributed by atoms with Crippen LogP contribution < -0.4 is 18.9 Å². The summed E-state index contributed by atoms with van der Waals surface area (Å²) >= 11 is 2.47. The number of thiazole rings is 1. The number of amides is 1. The number of aliphatic carboxylic acids is 2. The van der Waals surface area contributed by atoms with Crippen LogP contribution in [0, 0.1) is 0 Å². The first-order valence-electron chi connectivity index (χ1n) is 13.2. The second-order valence-corrected chi connectivity index (χ2v) is 11.5. The van der Waals surface area contributed by atoms with Crippen LogP contribution in [0.5, 0.6) is 23.0 Å². The van der Waals surface area contributed by atoms with Gasteiger partial charge in [0.1, 0.15) is 0 Å². The van der Waals surface area contributed by atoms with Crippen molar-refractivity contribution in [3.63, 3.8) is 0 Å². The Morgan fingerprint density at radius 3 is 2.05 bits per heavy atom. The highest BCUT2D eigenvalue weighted by atomic mass is 32.1. The van der Waals surface area contributed by atoms with E-state index in [1.165, 1.54) is 41.8 Å². The Kier molecular flexibility index (Phi) is 10.4. The number of hydrogen-bond acceptors (Lipinski definition) is 11. The normalized spacial score (nSPS) is 11.0. The Morgan fingerprint density at radius 2 is 1.42 bits per heavy atom. The summed E-state index contributed by atoms with van der Waals surface area (Å²) in [5.41, 5.74) is 0.551. The van der Waals surface area contributed by atoms with Crippen molar-refractivity contribution in [3.8, 4) is 23.0 Å². The summed E-state index contributed by atoms with van der Waals surface area (Å²) in [5.74, 6) is -0.645. The van der Waals surface area contributed by atoms with E-state index in [0.29, 0.717) is 53.0 Å².